The number of pyridine rings is 1. The van der Waals surface area contributed by atoms with E-state index in [1.165, 1.54) is 12.1 Å². The summed E-state index contributed by atoms with van der Waals surface area (Å²) >= 11 is 0. The van der Waals surface area contributed by atoms with Crippen molar-refractivity contribution in [1.29, 1.82) is 0 Å². The lowest BCUT2D eigenvalue weighted by Crippen LogP contribution is -3.00. The van der Waals surface area contributed by atoms with Crippen LogP contribution in [0, 0.1) is 0 Å². The molecular formula is C9H11BF3NO2. The quantitative estimate of drug-likeness (QED) is 0.461. The van der Waals surface area contributed by atoms with Crippen molar-refractivity contribution >= 4 is 13.4 Å². The number of carbonyl (C=O) groups is 1. The molecule has 0 N–H and O–H groups in total. The Bertz CT molecular complexity index is 343. The number of aromatic nitrogens is 1. The van der Waals surface area contributed by atoms with Crippen LogP contribution in [-0.4, -0.2) is 19.5 Å². The maximum atomic E-state index is 12.2. The van der Waals surface area contributed by atoms with Gasteiger partial charge < -0.3 is 9.44 Å². The van der Waals surface area contributed by atoms with Crippen LogP contribution in [0.2, 0.25) is 0 Å². The lowest BCUT2D eigenvalue weighted by molar-refractivity contribution is -0.554. The van der Waals surface area contributed by atoms with E-state index in [-0.39, 0.29) is 16.4 Å². The van der Waals surface area contributed by atoms with Gasteiger partial charge in [-0.3, -0.25) is 0 Å². The second kappa shape index (κ2) is 6.14. The Balaban J connectivity index is 0.00000225. The first-order valence-corrected chi connectivity index (χ1v) is 4.50. The van der Waals surface area contributed by atoms with E-state index in [1.54, 1.807) is 13.8 Å². The maximum absolute atomic E-state index is 12.2. The van der Waals surface area contributed by atoms with Gasteiger partial charge in [0.25, 0.3) is 0 Å². The molecule has 0 aromatic carbocycles. The normalized spacial score (nSPS) is 9.56. The average molecular weight is 233 g/mol. The summed E-state index contributed by atoms with van der Waals surface area (Å²) in [4.78, 5) is 11.3. The Hall–Kier alpha value is -1.53. The summed E-state index contributed by atoms with van der Waals surface area (Å²) in [6, 6.07) is 2.60. The molecule has 0 aliphatic rings. The summed E-state index contributed by atoms with van der Waals surface area (Å²) in [5.41, 5.74) is 0.264. The predicted octanol–water partition coefficient (Wildman–Crippen LogP) is -1.68. The molecule has 16 heavy (non-hydrogen) atoms. The van der Waals surface area contributed by atoms with E-state index in [0.29, 0.717) is 4.48 Å². The SMILES string of the molecule is CC(C)OC(=O)c1cc[n+](B(F)F)cc1.[F-]. The fourth-order valence-electron chi connectivity index (χ4n) is 0.986. The van der Waals surface area contributed by atoms with Crippen LogP contribution in [0.4, 0.5) is 8.63 Å². The van der Waals surface area contributed by atoms with E-state index in [9.17, 15) is 13.4 Å². The second-order valence-electron chi connectivity index (χ2n) is 3.27. The molecule has 0 aliphatic carbocycles. The minimum absolute atomic E-state index is 0. The van der Waals surface area contributed by atoms with Gasteiger partial charge in [0.2, 0.25) is 0 Å². The topological polar surface area (TPSA) is 30.2 Å². The molecule has 0 unspecified atom stereocenters. The van der Waals surface area contributed by atoms with Crippen LogP contribution in [0.3, 0.4) is 0 Å². The highest BCUT2D eigenvalue weighted by Gasteiger charge is 2.31. The maximum Gasteiger partial charge on any atom is 0.934 e. The van der Waals surface area contributed by atoms with Crippen LogP contribution in [0.15, 0.2) is 24.5 Å². The number of halogens is 3. The molecular weight excluding hydrogens is 222 g/mol. The van der Waals surface area contributed by atoms with Gasteiger partial charge >= 0.3 is 13.4 Å². The molecule has 1 heterocycles. The molecule has 7 heteroatoms. The van der Waals surface area contributed by atoms with Gasteiger partial charge in [0.05, 0.1) is 11.7 Å². The molecule has 0 saturated carbocycles. The molecule has 0 saturated heterocycles. The standard InChI is InChI=1S/C9H11BF2NO2.FH/c1-7(2)15-9(14)8-3-5-13(6-4-8)10(11)12;/h3-7H,1-2H3;1H/q+1;/p-1. The smallest absolute Gasteiger partial charge is 0.934 e. The third kappa shape index (κ3) is 3.92. The van der Waals surface area contributed by atoms with Crippen molar-refractivity contribution in [2.24, 2.45) is 0 Å². The lowest BCUT2D eigenvalue weighted by atomic mass is 10.2. The van der Waals surface area contributed by atoms with Crippen molar-refractivity contribution < 1.29 is 27.3 Å². The molecule has 0 fully saturated rings. The van der Waals surface area contributed by atoms with E-state index in [1.807, 2.05) is 0 Å². The zero-order valence-corrected chi connectivity index (χ0v) is 8.86. The van der Waals surface area contributed by atoms with Gasteiger partial charge in [-0.05, 0) is 13.8 Å². The highest BCUT2D eigenvalue weighted by Crippen LogP contribution is 2.01. The summed E-state index contributed by atoms with van der Waals surface area (Å²) < 4.78 is 29.9. The van der Waals surface area contributed by atoms with Crippen LogP contribution in [0.5, 0.6) is 0 Å². The fraction of sp³-hybridized carbons (Fsp3) is 0.333. The van der Waals surface area contributed by atoms with Crippen molar-refractivity contribution in [3.05, 3.63) is 30.1 Å². The first-order chi connectivity index (χ1) is 7.00. The molecule has 1 aromatic rings. The summed E-state index contributed by atoms with van der Waals surface area (Å²) in [7, 11) is -2.60. The molecule has 0 bridgehead atoms. The third-order valence-electron chi connectivity index (χ3n) is 1.66. The monoisotopic (exact) mass is 233 g/mol. The van der Waals surface area contributed by atoms with Crippen molar-refractivity contribution in [3.8, 4) is 0 Å². The van der Waals surface area contributed by atoms with Crippen LogP contribution in [-0.2, 0) is 4.74 Å². The summed E-state index contributed by atoms with van der Waals surface area (Å²) in [6.07, 6.45) is 2.06. The Morgan fingerprint density at radius 2 is 1.88 bits per heavy atom. The first-order valence-electron chi connectivity index (χ1n) is 4.50. The van der Waals surface area contributed by atoms with Gasteiger partial charge in [-0.25, -0.2) is 17.9 Å². The van der Waals surface area contributed by atoms with Gasteiger partial charge in [0.1, 0.15) is 12.4 Å². The molecule has 0 spiro atoms. The minimum Gasteiger partial charge on any atom is -1.00 e. The van der Waals surface area contributed by atoms with Gasteiger partial charge in [-0.15, -0.1) is 0 Å². The molecule has 0 aliphatic heterocycles. The molecule has 1 aromatic heterocycles. The van der Waals surface area contributed by atoms with Gasteiger partial charge in [0.15, 0.2) is 0 Å². The van der Waals surface area contributed by atoms with Gasteiger partial charge in [0, 0.05) is 12.1 Å². The summed E-state index contributed by atoms with van der Waals surface area (Å²) in [5, 5.41) is 0. The van der Waals surface area contributed by atoms with E-state index in [4.69, 9.17) is 4.74 Å². The molecule has 1 rings (SSSR count). The summed E-state index contributed by atoms with van der Waals surface area (Å²) in [6.45, 7) is 3.44. The highest BCUT2D eigenvalue weighted by atomic mass is 19.2. The molecule has 3 nitrogen and oxygen atoms in total. The van der Waals surface area contributed by atoms with Crippen molar-refractivity contribution in [2.75, 3.05) is 0 Å². The average Bonchev–Trinajstić information content (AvgIpc) is 2.17. The minimum atomic E-state index is -2.60. The van der Waals surface area contributed by atoms with Crippen LogP contribution in [0.1, 0.15) is 24.2 Å². The zero-order valence-electron chi connectivity index (χ0n) is 8.86. The number of ether oxygens (including phenoxy) is 1. The fourth-order valence-corrected chi connectivity index (χ4v) is 0.986. The largest absolute Gasteiger partial charge is 1.00 e. The van der Waals surface area contributed by atoms with Crippen molar-refractivity contribution in [2.45, 2.75) is 20.0 Å². The first kappa shape index (κ1) is 14.5. The Labute approximate surface area is 91.6 Å². The number of hydrogen-bond acceptors (Lipinski definition) is 2. The van der Waals surface area contributed by atoms with Crippen LogP contribution >= 0.6 is 0 Å². The number of hydrogen-bond donors (Lipinski definition) is 0. The molecule has 0 radical (unpaired) electrons. The third-order valence-corrected chi connectivity index (χ3v) is 1.66. The van der Waals surface area contributed by atoms with E-state index >= 15 is 0 Å². The zero-order chi connectivity index (χ0) is 11.4. The molecule has 0 atom stereocenters. The number of rotatable bonds is 3. The van der Waals surface area contributed by atoms with Gasteiger partial charge in [-0.2, -0.15) is 0 Å². The van der Waals surface area contributed by atoms with Crippen LogP contribution in [0.25, 0.3) is 0 Å². The Morgan fingerprint density at radius 1 is 1.38 bits per heavy atom. The van der Waals surface area contributed by atoms with Crippen LogP contribution < -0.4 is 9.18 Å². The predicted molar refractivity (Wildman–Crippen MR) is 50.6 cm³/mol. The van der Waals surface area contributed by atoms with Crippen molar-refractivity contribution in [1.82, 2.24) is 0 Å². The highest BCUT2D eigenvalue weighted by molar-refractivity contribution is 6.31. The number of esters is 1. The van der Waals surface area contributed by atoms with E-state index in [0.717, 1.165) is 12.4 Å². The Kier molecular flexibility index (Phi) is 5.56. The molecule has 0 amide bonds. The number of carbonyl (C=O) groups excluding carboxylic acids is 1. The van der Waals surface area contributed by atoms with E-state index in [2.05, 4.69) is 0 Å². The lowest BCUT2D eigenvalue weighted by Gasteiger charge is -2.06. The second-order valence-corrected chi connectivity index (χ2v) is 3.27. The van der Waals surface area contributed by atoms with Crippen molar-refractivity contribution in [3.63, 3.8) is 0 Å². The van der Waals surface area contributed by atoms with Gasteiger partial charge in [-0.1, -0.05) is 0 Å². The Morgan fingerprint density at radius 3 is 2.25 bits per heavy atom. The summed E-state index contributed by atoms with van der Waals surface area (Å²) in [5.74, 6) is -0.508. The van der Waals surface area contributed by atoms with E-state index < -0.39 is 13.4 Å². The number of nitrogens with zero attached hydrogens (tertiary/aromatic N) is 1. The molecule has 88 valence electrons.